The van der Waals surface area contributed by atoms with Crippen LogP contribution in [0.2, 0.25) is 0 Å². The van der Waals surface area contributed by atoms with Crippen molar-refractivity contribution in [2.75, 3.05) is 18.0 Å². The summed E-state index contributed by atoms with van der Waals surface area (Å²) in [6, 6.07) is 1.32. The topological polar surface area (TPSA) is 49.0 Å². The van der Waals surface area contributed by atoms with Gasteiger partial charge in [0.15, 0.2) is 0 Å². The standard InChI is InChI=1S/C11H14F3N3O/c1-7-15-9(6-10(18)16-7)17-4-2-8(3-5-17)11(12,13)14/h6,8H,2-5H2,1H3,(H,15,16,18). The largest absolute Gasteiger partial charge is 0.391 e. The molecule has 7 heteroatoms. The number of aryl methyl sites for hydroxylation is 1. The van der Waals surface area contributed by atoms with Crippen molar-refractivity contribution in [3.63, 3.8) is 0 Å². The Balaban J connectivity index is 2.08. The maximum absolute atomic E-state index is 12.5. The second-order valence-corrected chi connectivity index (χ2v) is 4.49. The van der Waals surface area contributed by atoms with Crippen LogP contribution in [0.15, 0.2) is 10.9 Å². The lowest BCUT2D eigenvalue weighted by atomic mass is 9.96. The summed E-state index contributed by atoms with van der Waals surface area (Å²) in [5.74, 6) is -0.316. The first-order chi connectivity index (χ1) is 8.36. The van der Waals surface area contributed by atoms with Gasteiger partial charge in [0.1, 0.15) is 11.6 Å². The molecule has 4 nitrogen and oxygen atoms in total. The molecule has 0 spiro atoms. The molecule has 1 aliphatic heterocycles. The van der Waals surface area contributed by atoms with Gasteiger partial charge in [-0.1, -0.05) is 0 Å². The van der Waals surface area contributed by atoms with Crippen molar-refractivity contribution >= 4 is 5.82 Å². The van der Waals surface area contributed by atoms with Gasteiger partial charge in [-0.05, 0) is 19.8 Å². The van der Waals surface area contributed by atoms with E-state index >= 15 is 0 Å². The van der Waals surface area contributed by atoms with Crippen molar-refractivity contribution in [1.82, 2.24) is 9.97 Å². The number of aromatic amines is 1. The Hall–Kier alpha value is -1.53. The minimum atomic E-state index is -4.12. The molecule has 0 unspecified atom stereocenters. The predicted molar refractivity (Wildman–Crippen MR) is 60.6 cm³/mol. The summed E-state index contributed by atoms with van der Waals surface area (Å²) in [6.07, 6.45) is -4.02. The van der Waals surface area contributed by atoms with Crippen molar-refractivity contribution in [2.24, 2.45) is 5.92 Å². The number of hydrogen-bond acceptors (Lipinski definition) is 3. The first kappa shape index (κ1) is 12.9. The second kappa shape index (κ2) is 4.62. The Kier molecular flexibility index (Phi) is 3.32. The number of aromatic nitrogens is 2. The summed E-state index contributed by atoms with van der Waals surface area (Å²) in [5.41, 5.74) is -0.282. The Morgan fingerprint density at radius 2 is 2.00 bits per heavy atom. The van der Waals surface area contributed by atoms with E-state index in [0.29, 0.717) is 11.6 Å². The molecule has 0 aromatic carbocycles. The number of nitrogens with zero attached hydrogens (tertiary/aromatic N) is 2. The molecule has 18 heavy (non-hydrogen) atoms. The second-order valence-electron chi connectivity index (χ2n) is 4.49. The minimum Gasteiger partial charge on any atom is -0.356 e. The van der Waals surface area contributed by atoms with Crippen LogP contribution in [0.25, 0.3) is 0 Å². The van der Waals surface area contributed by atoms with Crippen molar-refractivity contribution in [2.45, 2.75) is 25.9 Å². The monoisotopic (exact) mass is 261 g/mol. The van der Waals surface area contributed by atoms with Gasteiger partial charge in [-0.15, -0.1) is 0 Å². The molecule has 100 valence electrons. The van der Waals surface area contributed by atoms with Crippen LogP contribution in [0, 0.1) is 12.8 Å². The molecule has 1 saturated heterocycles. The first-order valence-electron chi connectivity index (χ1n) is 5.76. The Morgan fingerprint density at radius 3 is 2.50 bits per heavy atom. The first-order valence-corrected chi connectivity index (χ1v) is 5.76. The lowest BCUT2D eigenvalue weighted by Gasteiger charge is -2.33. The van der Waals surface area contributed by atoms with E-state index in [2.05, 4.69) is 9.97 Å². The number of nitrogens with one attached hydrogen (secondary N) is 1. The van der Waals surface area contributed by atoms with Gasteiger partial charge in [-0.2, -0.15) is 13.2 Å². The molecule has 1 aromatic heterocycles. The quantitative estimate of drug-likeness (QED) is 0.839. The third kappa shape index (κ3) is 2.83. The van der Waals surface area contributed by atoms with Crippen LogP contribution < -0.4 is 10.5 Å². The zero-order valence-electron chi connectivity index (χ0n) is 9.92. The molecule has 0 atom stereocenters. The number of anilines is 1. The van der Waals surface area contributed by atoms with Crippen LogP contribution in [-0.4, -0.2) is 29.2 Å². The lowest BCUT2D eigenvalue weighted by molar-refractivity contribution is -0.179. The van der Waals surface area contributed by atoms with Gasteiger partial charge in [-0.25, -0.2) is 4.98 Å². The summed E-state index contributed by atoms with van der Waals surface area (Å²) in [4.78, 5) is 19.6. The summed E-state index contributed by atoms with van der Waals surface area (Å²) < 4.78 is 37.5. The molecule has 2 rings (SSSR count). The maximum Gasteiger partial charge on any atom is 0.391 e. The SMILES string of the molecule is Cc1nc(N2CCC(C(F)(F)F)CC2)cc(=O)[nH]1. The van der Waals surface area contributed by atoms with Crippen LogP contribution in [0.1, 0.15) is 18.7 Å². The van der Waals surface area contributed by atoms with Gasteiger partial charge in [0.2, 0.25) is 0 Å². The van der Waals surface area contributed by atoms with Gasteiger partial charge in [0.25, 0.3) is 5.56 Å². The number of alkyl halides is 3. The fourth-order valence-corrected chi connectivity index (χ4v) is 2.16. The minimum absolute atomic E-state index is 0.0526. The average Bonchev–Trinajstić information content (AvgIpc) is 2.27. The molecule has 1 aliphatic rings. The molecule has 0 bridgehead atoms. The molecular formula is C11H14F3N3O. The van der Waals surface area contributed by atoms with Crippen LogP contribution in [0.4, 0.5) is 19.0 Å². The highest BCUT2D eigenvalue weighted by Crippen LogP contribution is 2.34. The van der Waals surface area contributed by atoms with E-state index in [1.165, 1.54) is 6.07 Å². The van der Waals surface area contributed by atoms with Crippen LogP contribution in [-0.2, 0) is 0 Å². The van der Waals surface area contributed by atoms with E-state index < -0.39 is 12.1 Å². The number of H-pyrrole nitrogens is 1. The third-order valence-corrected chi connectivity index (χ3v) is 3.13. The van der Waals surface area contributed by atoms with Crippen molar-refractivity contribution < 1.29 is 13.2 Å². The Labute approximate surface area is 102 Å². The molecule has 1 aromatic rings. The van der Waals surface area contributed by atoms with E-state index in [4.69, 9.17) is 0 Å². The van der Waals surface area contributed by atoms with E-state index in [1.54, 1.807) is 11.8 Å². The van der Waals surface area contributed by atoms with Gasteiger partial charge in [-0.3, -0.25) is 4.79 Å². The van der Waals surface area contributed by atoms with E-state index in [-0.39, 0.29) is 31.5 Å². The molecule has 0 aliphatic carbocycles. The zero-order chi connectivity index (χ0) is 13.3. The summed E-state index contributed by atoms with van der Waals surface area (Å²) in [7, 11) is 0. The highest BCUT2D eigenvalue weighted by atomic mass is 19.4. The molecular weight excluding hydrogens is 247 g/mol. The lowest BCUT2D eigenvalue weighted by Crippen LogP contribution is -2.39. The molecule has 1 N–H and O–H groups in total. The van der Waals surface area contributed by atoms with Gasteiger partial charge in [0.05, 0.1) is 5.92 Å². The number of piperidine rings is 1. The summed E-state index contributed by atoms with van der Waals surface area (Å²) >= 11 is 0. The van der Waals surface area contributed by atoms with Gasteiger partial charge in [0, 0.05) is 19.2 Å². The van der Waals surface area contributed by atoms with Crippen LogP contribution >= 0.6 is 0 Å². The Morgan fingerprint density at radius 1 is 1.39 bits per heavy atom. The third-order valence-electron chi connectivity index (χ3n) is 3.13. The van der Waals surface area contributed by atoms with Gasteiger partial charge >= 0.3 is 6.18 Å². The van der Waals surface area contributed by atoms with Gasteiger partial charge < -0.3 is 9.88 Å². The fourth-order valence-electron chi connectivity index (χ4n) is 2.16. The molecule has 2 heterocycles. The predicted octanol–water partition coefficient (Wildman–Crippen LogP) is 1.86. The molecule has 0 amide bonds. The fraction of sp³-hybridized carbons (Fsp3) is 0.636. The van der Waals surface area contributed by atoms with Crippen molar-refractivity contribution in [3.8, 4) is 0 Å². The van der Waals surface area contributed by atoms with Crippen LogP contribution in [0.5, 0.6) is 0 Å². The average molecular weight is 261 g/mol. The van der Waals surface area contributed by atoms with Crippen molar-refractivity contribution in [1.29, 1.82) is 0 Å². The highest BCUT2D eigenvalue weighted by molar-refractivity contribution is 5.37. The van der Waals surface area contributed by atoms with E-state index in [9.17, 15) is 18.0 Å². The highest BCUT2D eigenvalue weighted by Gasteiger charge is 2.41. The molecule has 0 radical (unpaired) electrons. The maximum atomic E-state index is 12.5. The summed E-state index contributed by atoms with van der Waals surface area (Å²) in [6.45, 7) is 2.20. The number of hydrogen-bond donors (Lipinski definition) is 1. The number of rotatable bonds is 1. The zero-order valence-corrected chi connectivity index (χ0v) is 9.92. The molecule has 0 saturated carbocycles. The van der Waals surface area contributed by atoms with E-state index in [1.807, 2.05) is 0 Å². The van der Waals surface area contributed by atoms with E-state index in [0.717, 1.165) is 0 Å². The van der Waals surface area contributed by atoms with Crippen LogP contribution in [0.3, 0.4) is 0 Å². The smallest absolute Gasteiger partial charge is 0.356 e. The summed E-state index contributed by atoms with van der Waals surface area (Å²) in [5, 5.41) is 0. The van der Waals surface area contributed by atoms with Crippen molar-refractivity contribution in [3.05, 3.63) is 22.2 Å². The number of halogens is 3. The molecule has 1 fully saturated rings. The normalized spacial score (nSPS) is 18.1. The Bertz CT molecular complexity index is 475.